The van der Waals surface area contributed by atoms with Crippen LogP contribution in [0.1, 0.15) is 18.3 Å². The minimum Gasteiger partial charge on any atom is -0.347 e. The molecule has 76 valence electrons. The number of aryl methyl sites for hydroxylation is 2. The Bertz CT molecular complexity index is 352. The van der Waals surface area contributed by atoms with Gasteiger partial charge in [-0.25, -0.2) is 0 Å². The summed E-state index contributed by atoms with van der Waals surface area (Å²) in [5, 5.41) is 6.95. The van der Waals surface area contributed by atoms with Crippen molar-refractivity contribution < 1.29 is 4.79 Å². The first kappa shape index (κ1) is 10.5. The van der Waals surface area contributed by atoms with Crippen molar-refractivity contribution in [3.63, 3.8) is 0 Å². The molecule has 0 fully saturated rings. The van der Waals surface area contributed by atoms with Crippen LogP contribution in [0.5, 0.6) is 0 Å². The Hall–Kier alpha value is -1.58. The van der Waals surface area contributed by atoms with Gasteiger partial charge in [0.25, 0.3) is 0 Å². The second-order valence-electron chi connectivity index (χ2n) is 3.12. The molecule has 0 atom stereocenters. The summed E-state index contributed by atoms with van der Waals surface area (Å²) in [4.78, 5) is 11.1. The number of rotatable bonds is 3. The number of amides is 1. The highest BCUT2D eigenvalue weighted by atomic mass is 16.1. The van der Waals surface area contributed by atoms with Gasteiger partial charge in [-0.2, -0.15) is 5.10 Å². The zero-order valence-corrected chi connectivity index (χ0v) is 8.74. The Labute approximate surface area is 83.6 Å². The maximum atomic E-state index is 11.1. The highest BCUT2D eigenvalue weighted by Crippen LogP contribution is 2.00. The average molecular weight is 193 g/mol. The maximum Gasteiger partial charge on any atom is 0.243 e. The molecule has 1 rings (SSSR count). The van der Waals surface area contributed by atoms with Crippen molar-refractivity contribution in [3.8, 4) is 0 Å². The van der Waals surface area contributed by atoms with E-state index in [-0.39, 0.29) is 5.91 Å². The fourth-order valence-electron chi connectivity index (χ4n) is 1.22. The number of aromatic nitrogens is 2. The molecule has 0 aliphatic carbocycles. The molecule has 0 bridgehead atoms. The van der Waals surface area contributed by atoms with Gasteiger partial charge < -0.3 is 5.32 Å². The molecule has 0 saturated carbocycles. The molecule has 1 heterocycles. The second kappa shape index (κ2) is 4.60. The lowest BCUT2D eigenvalue weighted by atomic mass is 10.3. The molecule has 1 aromatic heterocycles. The van der Waals surface area contributed by atoms with Crippen LogP contribution in [0, 0.1) is 6.92 Å². The summed E-state index contributed by atoms with van der Waals surface area (Å²) in [5.74, 6) is -0.0775. The lowest BCUT2D eigenvalue weighted by molar-refractivity contribution is -0.116. The van der Waals surface area contributed by atoms with Gasteiger partial charge in [0.1, 0.15) is 0 Å². The van der Waals surface area contributed by atoms with E-state index < -0.39 is 0 Å². The molecule has 4 heteroatoms. The van der Waals surface area contributed by atoms with Gasteiger partial charge in [-0.15, -0.1) is 0 Å². The molecule has 1 N–H and O–H groups in total. The van der Waals surface area contributed by atoms with Gasteiger partial charge in [-0.05, 0) is 26.0 Å². The number of carbonyl (C=O) groups is 1. The summed E-state index contributed by atoms with van der Waals surface area (Å²) >= 11 is 0. The zero-order chi connectivity index (χ0) is 10.6. The topological polar surface area (TPSA) is 46.9 Å². The van der Waals surface area contributed by atoms with Gasteiger partial charge in [0.2, 0.25) is 5.91 Å². The molecule has 14 heavy (non-hydrogen) atoms. The molecule has 0 aliphatic rings. The van der Waals surface area contributed by atoms with E-state index in [9.17, 15) is 4.79 Å². The average Bonchev–Trinajstić information content (AvgIpc) is 2.42. The van der Waals surface area contributed by atoms with E-state index in [4.69, 9.17) is 0 Å². The number of allylic oxidation sites excluding steroid dienone is 1. The van der Waals surface area contributed by atoms with Crippen LogP contribution in [0.3, 0.4) is 0 Å². The Kier molecular flexibility index (Phi) is 3.45. The third-order valence-corrected chi connectivity index (χ3v) is 1.86. The Morgan fingerprint density at radius 2 is 2.43 bits per heavy atom. The summed E-state index contributed by atoms with van der Waals surface area (Å²) in [5.41, 5.74) is 1.96. The Morgan fingerprint density at radius 3 is 2.93 bits per heavy atom. The van der Waals surface area contributed by atoms with E-state index in [1.807, 2.05) is 27.0 Å². The molecule has 0 radical (unpaired) electrons. The summed E-state index contributed by atoms with van der Waals surface area (Å²) in [7, 11) is 1.87. The van der Waals surface area contributed by atoms with Crippen LogP contribution in [-0.2, 0) is 18.4 Å². The third kappa shape index (κ3) is 2.73. The highest BCUT2D eigenvalue weighted by molar-refractivity contribution is 5.87. The van der Waals surface area contributed by atoms with Gasteiger partial charge in [-0.3, -0.25) is 9.48 Å². The number of nitrogens with zero attached hydrogens (tertiary/aromatic N) is 2. The molecule has 0 spiro atoms. The predicted octanol–water partition coefficient (Wildman–Crippen LogP) is 0.921. The highest BCUT2D eigenvalue weighted by Gasteiger charge is 2.02. The van der Waals surface area contributed by atoms with E-state index >= 15 is 0 Å². The van der Waals surface area contributed by atoms with Crippen molar-refractivity contribution in [2.45, 2.75) is 20.4 Å². The van der Waals surface area contributed by atoms with Crippen molar-refractivity contribution in [2.75, 3.05) is 0 Å². The van der Waals surface area contributed by atoms with E-state index in [0.717, 1.165) is 11.4 Å². The SMILES string of the molecule is C/C=C/C(=O)NCc1cc(C)nn1C. The number of carbonyl (C=O) groups excluding carboxylic acids is 1. The van der Waals surface area contributed by atoms with Crippen molar-refractivity contribution in [2.24, 2.45) is 7.05 Å². The minimum atomic E-state index is -0.0775. The van der Waals surface area contributed by atoms with Gasteiger partial charge in [0.15, 0.2) is 0 Å². The third-order valence-electron chi connectivity index (χ3n) is 1.86. The van der Waals surface area contributed by atoms with E-state index in [1.54, 1.807) is 10.8 Å². The first-order chi connectivity index (χ1) is 6.63. The van der Waals surface area contributed by atoms with E-state index in [2.05, 4.69) is 10.4 Å². The normalized spacial score (nSPS) is 10.8. The lowest BCUT2D eigenvalue weighted by Gasteiger charge is -2.01. The zero-order valence-electron chi connectivity index (χ0n) is 8.74. The number of hydrogen-bond donors (Lipinski definition) is 1. The fraction of sp³-hybridized carbons (Fsp3) is 0.400. The molecule has 4 nitrogen and oxygen atoms in total. The molecule has 1 amide bonds. The van der Waals surface area contributed by atoms with Crippen LogP contribution in [0.2, 0.25) is 0 Å². The van der Waals surface area contributed by atoms with Crippen molar-refractivity contribution >= 4 is 5.91 Å². The molecular weight excluding hydrogens is 178 g/mol. The summed E-state index contributed by atoms with van der Waals surface area (Å²) in [6.45, 7) is 4.26. The molecule has 0 aromatic carbocycles. The number of nitrogens with one attached hydrogen (secondary N) is 1. The molecule has 0 saturated heterocycles. The number of hydrogen-bond acceptors (Lipinski definition) is 2. The van der Waals surface area contributed by atoms with Crippen LogP contribution in [0.15, 0.2) is 18.2 Å². The van der Waals surface area contributed by atoms with Crippen LogP contribution in [0.25, 0.3) is 0 Å². The standard InChI is InChI=1S/C10H15N3O/c1-4-5-10(14)11-7-9-6-8(2)12-13(9)3/h4-6H,7H2,1-3H3,(H,11,14)/b5-4+. The second-order valence-corrected chi connectivity index (χ2v) is 3.12. The van der Waals surface area contributed by atoms with E-state index in [1.165, 1.54) is 6.08 Å². The quantitative estimate of drug-likeness (QED) is 0.726. The largest absolute Gasteiger partial charge is 0.347 e. The summed E-state index contributed by atoms with van der Waals surface area (Å²) < 4.78 is 1.77. The van der Waals surface area contributed by atoms with Crippen LogP contribution in [-0.4, -0.2) is 15.7 Å². The van der Waals surface area contributed by atoms with Crippen LogP contribution >= 0.6 is 0 Å². The van der Waals surface area contributed by atoms with Crippen LogP contribution in [0.4, 0.5) is 0 Å². The lowest BCUT2D eigenvalue weighted by Crippen LogP contribution is -2.21. The minimum absolute atomic E-state index is 0.0775. The van der Waals surface area contributed by atoms with E-state index in [0.29, 0.717) is 6.54 Å². The predicted molar refractivity (Wildman–Crippen MR) is 54.6 cm³/mol. The Balaban J connectivity index is 2.53. The van der Waals surface area contributed by atoms with Crippen molar-refractivity contribution in [1.29, 1.82) is 0 Å². The summed E-state index contributed by atoms with van der Waals surface area (Å²) in [6.07, 6.45) is 3.22. The van der Waals surface area contributed by atoms with Crippen molar-refractivity contribution in [3.05, 3.63) is 29.6 Å². The van der Waals surface area contributed by atoms with Gasteiger partial charge >= 0.3 is 0 Å². The summed E-state index contributed by atoms with van der Waals surface area (Å²) in [6, 6.07) is 1.95. The first-order valence-electron chi connectivity index (χ1n) is 4.53. The molecule has 0 aliphatic heterocycles. The van der Waals surface area contributed by atoms with Gasteiger partial charge in [0, 0.05) is 7.05 Å². The smallest absolute Gasteiger partial charge is 0.243 e. The van der Waals surface area contributed by atoms with Gasteiger partial charge in [0.05, 0.1) is 17.9 Å². The van der Waals surface area contributed by atoms with Gasteiger partial charge in [-0.1, -0.05) is 6.08 Å². The van der Waals surface area contributed by atoms with Crippen LogP contribution < -0.4 is 5.32 Å². The monoisotopic (exact) mass is 193 g/mol. The first-order valence-corrected chi connectivity index (χ1v) is 4.53. The maximum absolute atomic E-state index is 11.1. The van der Waals surface area contributed by atoms with Crippen molar-refractivity contribution in [1.82, 2.24) is 15.1 Å². The molecule has 0 unspecified atom stereocenters. The fourth-order valence-corrected chi connectivity index (χ4v) is 1.22. The Morgan fingerprint density at radius 1 is 1.71 bits per heavy atom. The molecule has 1 aromatic rings. The molecular formula is C10H15N3O.